The molecule has 5 heteroatoms. The summed E-state index contributed by atoms with van der Waals surface area (Å²) in [6.07, 6.45) is 0. The van der Waals surface area contributed by atoms with E-state index in [-0.39, 0.29) is 13.2 Å². The molecule has 0 bridgehead atoms. The Morgan fingerprint density at radius 2 is 2.00 bits per heavy atom. The zero-order valence-corrected chi connectivity index (χ0v) is 9.57. The first-order valence-electron chi connectivity index (χ1n) is 4.80. The molecule has 0 aromatic heterocycles. The van der Waals surface area contributed by atoms with Gasteiger partial charge in [0.15, 0.2) is 5.41 Å². The topological polar surface area (TPSA) is 72.8 Å². The molecule has 0 saturated heterocycles. The largest absolute Gasteiger partial charge is 0.480 e. The predicted octanol–water partition coefficient (Wildman–Crippen LogP) is 0.923. The minimum absolute atomic E-state index is 0.168. The summed E-state index contributed by atoms with van der Waals surface area (Å²) in [5.74, 6) is -2.36. The molecule has 1 N–H and O–H groups in total. The zero-order chi connectivity index (χ0) is 12.1. The van der Waals surface area contributed by atoms with Crippen LogP contribution in [0.15, 0.2) is 0 Å². The van der Waals surface area contributed by atoms with Gasteiger partial charge in [0, 0.05) is 13.0 Å². The van der Waals surface area contributed by atoms with E-state index < -0.39 is 23.3 Å². The third-order valence-electron chi connectivity index (χ3n) is 2.55. The number of aliphatic carboxylic acids is 1. The minimum atomic E-state index is -1.55. The standard InChI is InChI=1S/C10H18O5/c1-5-15-9(13)10(3,8(11)12)7(2)6-14-4/h7H,5-6H2,1-4H3,(H,11,12). The average Bonchev–Trinajstić information content (AvgIpc) is 2.16. The molecular formula is C10H18O5. The van der Waals surface area contributed by atoms with E-state index in [9.17, 15) is 9.59 Å². The Morgan fingerprint density at radius 1 is 1.47 bits per heavy atom. The Morgan fingerprint density at radius 3 is 2.33 bits per heavy atom. The molecule has 0 aliphatic carbocycles. The molecule has 0 aromatic rings. The van der Waals surface area contributed by atoms with Gasteiger partial charge in [-0.15, -0.1) is 0 Å². The average molecular weight is 218 g/mol. The number of ether oxygens (including phenoxy) is 2. The van der Waals surface area contributed by atoms with E-state index in [0.29, 0.717) is 0 Å². The summed E-state index contributed by atoms with van der Waals surface area (Å²) in [5.41, 5.74) is -1.55. The quantitative estimate of drug-likeness (QED) is 0.530. The van der Waals surface area contributed by atoms with E-state index in [0.717, 1.165) is 0 Å². The molecule has 88 valence electrons. The molecule has 0 radical (unpaired) electrons. The van der Waals surface area contributed by atoms with Crippen molar-refractivity contribution in [2.24, 2.45) is 11.3 Å². The Balaban J connectivity index is 4.88. The smallest absolute Gasteiger partial charge is 0.323 e. The van der Waals surface area contributed by atoms with Gasteiger partial charge in [0.1, 0.15) is 0 Å². The summed E-state index contributed by atoms with van der Waals surface area (Å²) in [4.78, 5) is 22.7. The van der Waals surface area contributed by atoms with Gasteiger partial charge in [0.25, 0.3) is 0 Å². The van der Waals surface area contributed by atoms with Crippen LogP contribution in [0.5, 0.6) is 0 Å². The van der Waals surface area contributed by atoms with Crippen LogP contribution < -0.4 is 0 Å². The van der Waals surface area contributed by atoms with Crippen LogP contribution in [0.2, 0.25) is 0 Å². The van der Waals surface area contributed by atoms with Crippen molar-refractivity contribution in [2.75, 3.05) is 20.3 Å². The third kappa shape index (κ3) is 2.92. The van der Waals surface area contributed by atoms with Crippen molar-refractivity contribution in [1.29, 1.82) is 0 Å². The summed E-state index contributed by atoms with van der Waals surface area (Å²) < 4.78 is 9.62. The Bertz CT molecular complexity index is 238. The van der Waals surface area contributed by atoms with Crippen molar-refractivity contribution in [3.8, 4) is 0 Å². The van der Waals surface area contributed by atoms with Crippen LogP contribution in [-0.4, -0.2) is 37.4 Å². The van der Waals surface area contributed by atoms with Crippen LogP contribution >= 0.6 is 0 Å². The second-order valence-corrected chi connectivity index (χ2v) is 3.58. The molecule has 0 spiro atoms. The maximum atomic E-state index is 11.6. The first-order chi connectivity index (χ1) is 6.91. The molecule has 2 atom stereocenters. The molecule has 15 heavy (non-hydrogen) atoms. The summed E-state index contributed by atoms with van der Waals surface area (Å²) in [5, 5.41) is 9.07. The van der Waals surface area contributed by atoms with Gasteiger partial charge < -0.3 is 14.6 Å². The van der Waals surface area contributed by atoms with Gasteiger partial charge in [-0.2, -0.15) is 0 Å². The highest BCUT2D eigenvalue weighted by molar-refractivity contribution is 5.99. The van der Waals surface area contributed by atoms with Crippen molar-refractivity contribution >= 4 is 11.9 Å². The molecule has 0 aromatic carbocycles. The molecular weight excluding hydrogens is 200 g/mol. The van der Waals surface area contributed by atoms with Gasteiger partial charge in [-0.05, 0) is 13.8 Å². The van der Waals surface area contributed by atoms with Gasteiger partial charge in [0.2, 0.25) is 0 Å². The fourth-order valence-corrected chi connectivity index (χ4v) is 1.20. The van der Waals surface area contributed by atoms with Crippen LogP contribution in [-0.2, 0) is 19.1 Å². The number of hydrogen-bond acceptors (Lipinski definition) is 4. The van der Waals surface area contributed by atoms with Crippen LogP contribution in [0.3, 0.4) is 0 Å². The van der Waals surface area contributed by atoms with Crippen LogP contribution in [0, 0.1) is 11.3 Å². The monoisotopic (exact) mass is 218 g/mol. The number of carbonyl (C=O) groups is 2. The number of methoxy groups -OCH3 is 1. The molecule has 5 nitrogen and oxygen atoms in total. The SMILES string of the molecule is CCOC(=O)C(C)(C(=O)O)C(C)COC. The Labute approximate surface area is 89.4 Å². The molecule has 0 amide bonds. The number of carboxylic acids is 1. The number of esters is 1. The van der Waals surface area contributed by atoms with Crippen molar-refractivity contribution in [3.05, 3.63) is 0 Å². The first kappa shape index (κ1) is 13.9. The highest BCUT2D eigenvalue weighted by Gasteiger charge is 2.47. The lowest BCUT2D eigenvalue weighted by molar-refractivity contribution is -0.172. The van der Waals surface area contributed by atoms with Gasteiger partial charge in [0.05, 0.1) is 13.2 Å². The minimum Gasteiger partial charge on any atom is -0.480 e. The van der Waals surface area contributed by atoms with Crippen molar-refractivity contribution in [1.82, 2.24) is 0 Å². The van der Waals surface area contributed by atoms with Crippen LogP contribution in [0.4, 0.5) is 0 Å². The highest BCUT2D eigenvalue weighted by Crippen LogP contribution is 2.29. The number of hydrogen-bond donors (Lipinski definition) is 1. The summed E-state index contributed by atoms with van der Waals surface area (Å²) in [6, 6.07) is 0. The molecule has 0 aliphatic heterocycles. The number of rotatable bonds is 6. The molecule has 0 heterocycles. The maximum absolute atomic E-state index is 11.6. The highest BCUT2D eigenvalue weighted by atomic mass is 16.5. The molecule has 0 rings (SSSR count). The van der Waals surface area contributed by atoms with Gasteiger partial charge in [-0.1, -0.05) is 6.92 Å². The Kier molecular flexibility index (Phi) is 5.28. The van der Waals surface area contributed by atoms with Gasteiger partial charge in [-0.3, -0.25) is 9.59 Å². The maximum Gasteiger partial charge on any atom is 0.323 e. The fourth-order valence-electron chi connectivity index (χ4n) is 1.20. The lowest BCUT2D eigenvalue weighted by Crippen LogP contribution is -2.44. The summed E-state index contributed by atoms with van der Waals surface area (Å²) >= 11 is 0. The third-order valence-corrected chi connectivity index (χ3v) is 2.55. The van der Waals surface area contributed by atoms with E-state index in [1.54, 1.807) is 13.8 Å². The van der Waals surface area contributed by atoms with E-state index in [1.807, 2.05) is 0 Å². The number of carbonyl (C=O) groups excluding carboxylic acids is 1. The molecule has 0 fully saturated rings. The Hall–Kier alpha value is -1.10. The van der Waals surface area contributed by atoms with Crippen LogP contribution in [0.25, 0.3) is 0 Å². The predicted molar refractivity (Wildman–Crippen MR) is 53.4 cm³/mol. The first-order valence-corrected chi connectivity index (χ1v) is 4.80. The lowest BCUT2D eigenvalue weighted by Gasteiger charge is -2.28. The fraction of sp³-hybridized carbons (Fsp3) is 0.800. The van der Waals surface area contributed by atoms with Crippen molar-refractivity contribution in [3.63, 3.8) is 0 Å². The summed E-state index contributed by atoms with van der Waals surface area (Å²) in [6.45, 7) is 5.01. The normalized spacial score (nSPS) is 16.5. The van der Waals surface area contributed by atoms with Gasteiger partial charge in [-0.25, -0.2) is 0 Å². The summed E-state index contributed by atoms with van der Waals surface area (Å²) in [7, 11) is 1.46. The second-order valence-electron chi connectivity index (χ2n) is 3.58. The molecule has 0 aliphatic rings. The molecule has 0 saturated carbocycles. The van der Waals surface area contributed by atoms with Crippen LogP contribution in [0.1, 0.15) is 20.8 Å². The van der Waals surface area contributed by atoms with E-state index in [4.69, 9.17) is 14.6 Å². The van der Waals surface area contributed by atoms with Gasteiger partial charge >= 0.3 is 11.9 Å². The van der Waals surface area contributed by atoms with E-state index in [1.165, 1.54) is 14.0 Å². The second kappa shape index (κ2) is 5.70. The van der Waals surface area contributed by atoms with Crippen molar-refractivity contribution < 1.29 is 24.2 Å². The van der Waals surface area contributed by atoms with Crippen molar-refractivity contribution in [2.45, 2.75) is 20.8 Å². The van der Waals surface area contributed by atoms with E-state index in [2.05, 4.69) is 0 Å². The molecule has 2 unspecified atom stereocenters. The van der Waals surface area contributed by atoms with E-state index >= 15 is 0 Å². The zero-order valence-electron chi connectivity index (χ0n) is 9.57. The lowest BCUT2D eigenvalue weighted by atomic mass is 9.78. The number of carboxylic acid groups (broad SMARTS) is 1.